The first-order valence-electron chi connectivity index (χ1n) is 9.32. The van der Waals surface area contributed by atoms with Crippen molar-refractivity contribution >= 4 is 5.91 Å². The zero-order valence-corrected chi connectivity index (χ0v) is 14.6. The third kappa shape index (κ3) is 3.61. The van der Waals surface area contributed by atoms with E-state index in [-0.39, 0.29) is 5.91 Å². The summed E-state index contributed by atoms with van der Waals surface area (Å²) >= 11 is 0. The van der Waals surface area contributed by atoms with Crippen LogP contribution < -0.4 is 5.73 Å². The molecule has 1 saturated heterocycles. The van der Waals surface area contributed by atoms with E-state index in [0.29, 0.717) is 5.92 Å². The number of imidazole rings is 1. The first-order valence-corrected chi connectivity index (χ1v) is 9.32. The molecule has 1 aliphatic heterocycles. The maximum Gasteiger partial charge on any atom is 0.244 e. The third-order valence-corrected chi connectivity index (χ3v) is 5.50. The lowest BCUT2D eigenvalue weighted by molar-refractivity contribution is -0.133. The van der Waals surface area contributed by atoms with Gasteiger partial charge in [0.1, 0.15) is 11.9 Å². The summed E-state index contributed by atoms with van der Waals surface area (Å²) in [6.45, 7) is 2.63. The molecule has 2 N–H and O–H groups in total. The molecular formula is C20H26N4O. The minimum absolute atomic E-state index is 0.0333. The van der Waals surface area contributed by atoms with Gasteiger partial charge in [-0.05, 0) is 37.2 Å². The number of amides is 1. The van der Waals surface area contributed by atoms with Gasteiger partial charge in [-0.25, -0.2) is 4.98 Å². The largest absolute Gasteiger partial charge is 0.341 e. The fourth-order valence-electron chi connectivity index (χ4n) is 3.77. The van der Waals surface area contributed by atoms with Gasteiger partial charge in [0.25, 0.3) is 0 Å². The summed E-state index contributed by atoms with van der Waals surface area (Å²) in [5.41, 5.74) is 7.06. The molecule has 2 fully saturated rings. The van der Waals surface area contributed by atoms with Gasteiger partial charge in [-0.15, -0.1) is 0 Å². The van der Waals surface area contributed by atoms with E-state index >= 15 is 0 Å². The van der Waals surface area contributed by atoms with Gasteiger partial charge >= 0.3 is 0 Å². The molecule has 0 spiro atoms. The highest BCUT2D eigenvalue weighted by Crippen LogP contribution is 2.33. The van der Waals surface area contributed by atoms with Crippen LogP contribution in [-0.2, 0) is 11.3 Å². The molecule has 1 amide bonds. The second-order valence-electron chi connectivity index (χ2n) is 7.37. The number of carbonyl (C=O) groups is 1. The van der Waals surface area contributed by atoms with E-state index < -0.39 is 6.04 Å². The van der Waals surface area contributed by atoms with Crippen molar-refractivity contribution in [1.82, 2.24) is 14.5 Å². The molecule has 2 aromatic rings. The quantitative estimate of drug-likeness (QED) is 0.912. The van der Waals surface area contributed by atoms with Crippen molar-refractivity contribution < 1.29 is 4.79 Å². The van der Waals surface area contributed by atoms with Gasteiger partial charge in [-0.2, -0.15) is 0 Å². The molecule has 5 nitrogen and oxygen atoms in total. The maximum atomic E-state index is 12.7. The molecule has 5 heteroatoms. The molecule has 1 saturated carbocycles. The van der Waals surface area contributed by atoms with Crippen molar-refractivity contribution in [2.45, 2.75) is 44.2 Å². The SMILES string of the molecule is N[C@H](C(=O)N1CCC(c2nccn2CC2CC2)CC1)c1ccccc1. The van der Waals surface area contributed by atoms with Gasteiger partial charge in [0.2, 0.25) is 5.91 Å². The molecule has 1 aliphatic carbocycles. The number of aromatic nitrogens is 2. The average molecular weight is 338 g/mol. The van der Waals surface area contributed by atoms with Crippen molar-refractivity contribution in [3.05, 3.63) is 54.1 Å². The highest BCUT2D eigenvalue weighted by molar-refractivity contribution is 5.83. The Morgan fingerprint density at radius 1 is 1.16 bits per heavy atom. The Bertz CT molecular complexity index is 714. The predicted molar refractivity (Wildman–Crippen MR) is 96.9 cm³/mol. The predicted octanol–water partition coefficient (Wildman–Crippen LogP) is 2.70. The molecular weight excluding hydrogens is 312 g/mol. The van der Waals surface area contributed by atoms with Crippen molar-refractivity contribution in [2.75, 3.05) is 13.1 Å². The number of nitrogens with zero attached hydrogens (tertiary/aromatic N) is 3. The second kappa shape index (κ2) is 7.00. The van der Waals surface area contributed by atoms with Gasteiger partial charge in [0.15, 0.2) is 0 Å². The van der Waals surface area contributed by atoms with Gasteiger partial charge in [-0.1, -0.05) is 30.3 Å². The fourth-order valence-corrected chi connectivity index (χ4v) is 3.77. The normalized spacial score (nSPS) is 19.8. The number of likely N-dealkylation sites (tertiary alicyclic amines) is 1. The molecule has 4 rings (SSSR count). The molecule has 132 valence electrons. The summed E-state index contributed by atoms with van der Waals surface area (Å²) in [6.07, 6.45) is 8.66. The Labute approximate surface area is 148 Å². The van der Waals surface area contributed by atoms with Crippen LogP contribution in [0.2, 0.25) is 0 Å². The smallest absolute Gasteiger partial charge is 0.244 e. The molecule has 1 aromatic heterocycles. The third-order valence-electron chi connectivity index (χ3n) is 5.50. The van der Waals surface area contributed by atoms with Gasteiger partial charge in [-0.3, -0.25) is 4.79 Å². The monoisotopic (exact) mass is 338 g/mol. The molecule has 2 aliphatic rings. The lowest BCUT2D eigenvalue weighted by Gasteiger charge is -2.33. The molecule has 2 heterocycles. The fraction of sp³-hybridized carbons (Fsp3) is 0.500. The van der Waals surface area contributed by atoms with E-state index in [0.717, 1.165) is 44.0 Å². The lowest BCUT2D eigenvalue weighted by atomic mass is 9.95. The number of hydrogen-bond donors (Lipinski definition) is 1. The van der Waals surface area contributed by atoms with Gasteiger partial charge in [0, 0.05) is 37.9 Å². The molecule has 0 bridgehead atoms. The average Bonchev–Trinajstić information content (AvgIpc) is 3.36. The van der Waals surface area contributed by atoms with Crippen LogP contribution in [0.15, 0.2) is 42.7 Å². The molecule has 25 heavy (non-hydrogen) atoms. The van der Waals surface area contributed by atoms with E-state index in [1.54, 1.807) is 0 Å². The zero-order valence-electron chi connectivity index (χ0n) is 14.6. The van der Waals surface area contributed by atoms with E-state index in [4.69, 9.17) is 5.73 Å². The Morgan fingerprint density at radius 3 is 2.56 bits per heavy atom. The highest BCUT2D eigenvalue weighted by Gasteiger charge is 2.30. The van der Waals surface area contributed by atoms with Crippen LogP contribution in [0.3, 0.4) is 0 Å². The van der Waals surface area contributed by atoms with Crippen LogP contribution in [0.5, 0.6) is 0 Å². The Morgan fingerprint density at radius 2 is 1.88 bits per heavy atom. The number of piperidine rings is 1. The summed E-state index contributed by atoms with van der Waals surface area (Å²) in [6, 6.07) is 9.07. The van der Waals surface area contributed by atoms with Gasteiger partial charge in [0.05, 0.1) is 0 Å². The van der Waals surface area contributed by atoms with Crippen molar-refractivity contribution in [3.8, 4) is 0 Å². The minimum atomic E-state index is -0.561. The molecule has 1 aromatic carbocycles. The van der Waals surface area contributed by atoms with Crippen LogP contribution in [0.1, 0.15) is 49.0 Å². The topological polar surface area (TPSA) is 64.2 Å². The molecule has 0 unspecified atom stereocenters. The zero-order chi connectivity index (χ0) is 17.2. The van der Waals surface area contributed by atoms with Crippen molar-refractivity contribution in [1.29, 1.82) is 0 Å². The lowest BCUT2D eigenvalue weighted by Crippen LogP contribution is -2.43. The summed E-state index contributed by atoms with van der Waals surface area (Å²) in [5, 5.41) is 0. The van der Waals surface area contributed by atoms with Crippen LogP contribution in [0.4, 0.5) is 0 Å². The van der Waals surface area contributed by atoms with Crippen molar-refractivity contribution in [3.63, 3.8) is 0 Å². The Balaban J connectivity index is 1.36. The van der Waals surface area contributed by atoms with Crippen LogP contribution >= 0.6 is 0 Å². The highest BCUT2D eigenvalue weighted by atomic mass is 16.2. The first-order chi connectivity index (χ1) is 12.2. The first kappa shape index (κ1) is 16.3. The summed E-state index contributed by atoms with van der Waals surface area (Å²) in [5.74, 6) is 2.53. The summed E-state index contributed by atoms with van der Waals surface area (Å²) in [7, 11) is 0. The number of rotatable bonds is 5. The summed E-state index contributed by atoms with van der Waals surface area (Å²) < 4.78 is 2.33. The summed E-state index contributed by atoms with van der Waals surface area (Å²) in [4.78, 5) is 19.2. The van der Waals surface area contributed by atoms with E-state index in [1.807, 2.05) is 41.4 Å². The van der Waals surface area contributed by atoms with Crippen LogP contribution in [0.25, 0.3) is 0 Å². The second-order valence-corrected chi connectivity index (χ2v) is 7.37. The molecule has 0 radical (unpaired) electrons. The van der Waals surface area contributed by atoms with E-state index in [9.17, 15) is 4.79 Å². The Kier molecular flexibility index (Phi) is 4.57. The molecule has 1 atom stereocenters. The number of nitrogens with two attached hydrogens (primary N) is 1. The van der Waals surface area contributed by atoms with E-state index in [1.165, 1.54) is 18.7 Å². The van der Waals surface area contributed by atoms with Crippen LogP contribution in [0, 0.1) is 5.92 Å². The van der Waals surface area contributed by atoms with Crippen LogP contribution in [-0.4, -0.2) is 33.4 Å². The Hall–Kier alpha value is -2.14. The number of hydrogen-bond acceptors (Lipinski definition) is 3. The van der Waals surface area contributed by atoms with Gasteiger partial charge < -0.3 is 15.2 Å². The van der Waals surface area contributed by atoms with E-state index in [2.05, 4.69) is 15.7 Å². The standard InChI is InChI=1S/C20H26N4O/c21-18(16-4-2-1-3-5-16)20(25)23-11-8-17(9-12-23)19-22-10-13-24(19)14-15-6-7-15/h1-5,10,13,15,17-18H,6-9,11-12,14,21H2/t18-/m0/s1. The minimum Gasteiger partial charge on any atom is -0.341 e. The van der Waals surface area contributed by atoms with Crippen molar-refractivity contribution in [2.24, 2.45) is 11.7 Å². The maximum absolute atomic E-state index is 12.7. The number of carbonyl (C=O) groups excluding carboxylic acids is 1. The number of benzene rings is 1.